The number of carbonyl (C=O) groups excluding carboxylic acids is 2. The van der Waals surface area contributed by atoms with Crippen LogP contribution in [0, 0.1) is 0 Å². The van der Waals surface area contributed by atoms with Gasteiger partial charge in [-0.05, 0) is 24.3 Å². The van der Waals surface area contributed by atoms with Gasteiger partial charge in [0.05, 0.1) is 28.9 Å². The van der Waals surface area contributed by atoms with E-state index in [1.54, 1.807) is 54.2 Å². The van der Waals surface area contributed by atoms with Crippen LogP contribution in [0.5, 0.6) is 17.2 Å². The number of rotatable bonds is 6. The molecule has 0 saturated carbocycles. The molecule has 0 aliphatic rings. The molecule has 0 bridgehead atoms. The summed E-state index contributed by atoms with van der Waals surface area (Å²) in [5.74, 6) is 0.556. The predicted octanol–water partition coefficient (Wildman–Crippen LogP) is 4.89. The molecular formula is C21H16ClN5O4S. The van der Waals surface area contributed by atoms with Crippen LogP contribution >= 0.6 is 22.9 Å². The molecule has 0 aliphatic heterocycles. The van der Waals surface area contributed by atoms with Crippen molar-refractivity contribution in [3.8, 4) is 17.2 Å². The standard InChI is InChI=1S/C21H16ClN5O4S/c1-30-18-10-16-12(9-13(18)19(23)28)17(4-5-24-16)31-11-2-3-15(14(22)8-11)26-20(29)27-21-25-6-7-32-21/h2-10H,1H3,(H2,23,28)(H2,25,26,27,29). The fraction of sp³-hybridized carbons (Fsp3) is 0.0476. The fourth-order valence-corrected chi connectivity index (χ4v) is 3.66. The summed E-state index contributed by atoms with van der Waals surface area (Å²) >= 11 is 7.62. The van der Waals surface area contributed by atoms with Gasteiger partial charge >= 0.3 is 6.03 Å². The Labute approximate surface area is 191 Å². The van der Waals surface area contributed by atoms with Crippen molar-refractivity contribution in [2.45, 2.75) is 0 Å². The SMILES string of the molecule is COc1cc2nccc(Oc3ccc(NC(=O)Nc4nccs4)c(Cl)c3)c2cc1C(N)=O. The van der Waals surface area contributed by atoms with E-state index in [0.29, 0.717) is 39.0 Å². The maximum Gasteiger partial charge on any atom is 0.325 e. The maximum absolute atomic E-state index is 12.1. The van der Waals surface area contributed by atoms with Gasteiger partial charge < -0.3 is 20.5 Å². The summed E-state index contributed by atoms with van der Waals surface area (Å²) in [4.78, 5) is 32.2. The van der Waals surface area contributed by atoms with Crippen molar-refractivity contribution in [1.82, 2.24) is 9.97 Å². The summed E-state index contributed by atoms with van der Waals surface area (Å²) in [5.41, 5.74) is 6.63. The van der Waals surface area contributed by atoms with Crippen molar-refractivity contribution in [2.75, 3.05) is 17.7 Å². The van der Waals surface area contributed by atoms with E-state index in [2.05, 4.69) is 20.6 Å². The largest absolute Gasteiger partial charge is 0.496 e. The molecule has 2 heterocycles. The molecule has 2 aromatic heterocycles. The zero-order chi connectivity index (χ0) is 22.7. The number of pyridine rings is 1. The number of nitrogens with two attached hydrogens (primary N) is 1. The highest BCUT2D eigenvalue weighted by Gasteiger charge is 2.15. The molecule has 4 aromatic rings. The van der Waals surface area contributed by atoms with E-state index >= 15 is 0 Å². The topological polar surface area (TPSA) is 128 Å². The molecule has 4 N–H and O–H groups in total. The Hall–Kier alpha value is -3.89. The van der Waals surface area contributed by atoms with Crippen LogP contribution in [0.25, 0.3) is 10.9 Å². The molecule has 0 aliphatic carbocycles. The molecular weight excluding hydrogens is 454 g/mol. The monoisotopic (exact) mass is 469 g/mol. The summed E-state index contributed by atoms with van der Waals surface area (Å²) in [6.07, 6.45) is 3.16. The average Bonchev–Trinajstić information content (AvgIpc) is 3.27. The molecule has 0 unspecified atom stereocenters. The lowest BCUT2D eigenvalue weighted by Crippen LogP contribution is -2.19. The summed E-state index contributed by atoms with van der Waals surface area (Å²) in [6, 6.07) is 9.19. The van der Waals surface area contributed by atoms with Gasteiger partial charge in [0.25, 0.3) is 5.91 Å². The first-order chi connectivity index (χ1) is 15.4. The zero-order valence-corrected chi connectivity index (χ0v) is 18.2. The number of nitrogens with zero attached hydrogens (tertiary/aromatic N) is 2. The van der Waals surface area contributed by atoms with Crippen molar-refractivity contribution in [2.24, 2.45) is 5.73 Å². The molecule has 2 aromatic carbocycles. The Morgan fingerprint density at radius 1 is 1.06 bits per heavy atom. The number of amides is 3. The third kappa shape index (κ3) is 4.56. The summed E-state index contributed by atoms with van der Waals surface area (Å²) in [6.45, 7) is 0. The van der Waals surface area contributed by atoms with E-state index < -0.39 is 11.9 Å². The van der Waals surface area contributed by atoms with Crippen LogP contribution in [-0.2, 0) is 0 Å². The number of hydrogen-bond donors (Lipinski definition) is 3. The highest BCUT2D eigenvalue weighted by Crippen LogP contribution is 2.35. The minimum atomic E-state index is -0.631. The zero-order valence-electron chi connectivity index (χ0n) is 16.6. The van der Waals surface area contributed by atoms with Crippen molar-refractivity contribution in [1.29, 1.82) is 0 Å². The molecule has 0 atom stereocenters. The predicted molar refractivity (Wildman–Crippen MR) is 123 cm³/mol. The van der Waals surface area contributed by atoms with Gasteiger partial charge in [0.15, 0.2) is 5.13 Å². The van der Waals surface area contributed by atoms with Crippen LogP contribution in [-0.4, -0.2) is 29.0 Å². The van der Waals surface area contributed by atoms with Crippen molar-refractivity contribution >= 4 is 56.6 Å². The number of thiazole rings is 1. The summed E-state index contributed by atoms with van der Waals surface area (Å²) < 4.78 is 11.2. The smallest absolute Gasteiger partial charge is 0.325 e. The first-order valence-corrected chi connectivity index (χ1v) is 10.4. The van der Waals surface area contributed by atoms with E-state index in [4.69, 9.17) is 26.8 Å². The van der Waals surface area contributed by atoms with Gasteiger partial charge in [-0.1, -0.05) is 11.6 Å². The molecule has 162 valence electrons. The second kappa shape index (κ2) is 9.08. The van der Waals surface area contributed by atoms with Gasteiger partial charge in [-0.25, -0.2) is 9.78 Å². The number of hydrogen-bond acceptors (Lipinski definition) is 7. The van der Waals surface area contributed by atoms with Gasteiger partial charge in [0.1, 0.15) is 17.2 Å². The molecule has 9 nitrogen and oxygen atoms in total. The number of nitrogens with one attached hydrogen (secondary N) is 2. The van der Waals surface area contributed by atoms with E-state index in [-0.39, 0.29) is 10.6 Å². The molecule has 0 saturated heterocycles. The van der Waals surface area contributed by atoms with Crippen LogP contribution in [0.2, 0.25) is 5.02 Å². The minimum Gasteiger partial charge on any atom is -0.496 e. The van der Waals surface area contributed by atoms with Crippen LogP contribution in [0.1, 0.15) is 10.4 Å². The Balaban J connectivity index is 1.57. The first-order valence-electron chi connectivity index (χ1n) is 9.16. The third-order valence-corrected chi connectivity index (χ3v) is 5.36. The van der Waals surface area contributed by atoms with Crippen molar-refractivity contribution < 1.29 is 19.1 Å². The second-order valence-electron chi connectivity index (χ2n) is 6.40. The number of urea groups is 1. The maximum atomic E-state index is 12.1. The molecule has 0 radical (unpaired) electrons. The Morgan fingerprint density at radius 2 is 1.91 bits per heavy atom. The number of ether oxygens (including phenoxy) is 2. The van der Waals surface area contributed by atoms with Crippen LogP contribution < -0.4 is 25.8 Å². The molecule has 0 spiro atoms. The number of aromatic nitrogens is 2. The highest BCUT2D eigenvalue weighted by molar-refractivity contribution is 7.13. The van der Waals surface area contributed by atoms with Crippen LogP contribution in [0.3, 0.4) is 0 Å². The Kier molecular flexibility index (Phi) is 6.06. The molecule has 32 heavy (non-hydrogen) atoms. The highest BCUT2D eigenvalue weighted by atomic mass is 35.5. The lowest BCUT2D eigenvalue weighted by Gasteiger charge is -2.13. The molecule has 3 amide bonds. The number of benzene rings is 2. The van der Waals surface area contributed by atoms with Crippen LogP contribution in [0.4, 0.5) is 15.6 Å². The first kappa shape index (κ1) is 21.3. The molecule has 11 heteroatoms. The number of methoxy groups -OCH3 is 1. The van der Waals surface area contributed by atoms with E-state index in [9.17, 15) is 9.59 Å². The number of anilines is 2. The van der Waals surface area contributed by atoms with Gasteiger partial charge in [-0.15, -0.1) is 11.3 Å². The summed E-state index contributed by atoms with van der Waals surface area (Å²) in [7, 11) is 1.45. The number of carbonyl (C=O) groups is 2. The quantitative estimate of drug-likeness (QED) is 0.369. The Bertz CT molecular complexity index is 1310. The van der Waals surface area contributed by atoms with Gasteiger partial charge in [0, 0.05) is 35.3 Å². The van der Waals surface area contributed by atoms with Crippen molar-refractivity contribution in [3.63, 3.8) is 0 Å². The van der Waals surface area contributed by atoms with E-state index in [0.717, 1.165) is 0 Å². The van der Waals surface area contributed by atoms with E-state index in [1.807, 2.05) is 0 Å². The molecule has 4 rings (SSSR count). The third-order valence-electron chi connectivity index (χ3n) is 4.36. The number of primary amides is 1. The molecule has 0 fully saturated rings. The lowest BCUT2D eigenvalue weighted by atomic mass is 10.1. The number of fused-ring (bicyclic) bond motifs is 1. The second-order valence-corrected chi connectivity index (χ2v) is 7.70. The van der Waals surface area contributed by atoms with Gasteiger partial charge in [0.2, 0.25) is 0 Å². The van der Waals surface area contributed by atoms with Gasteiger partial charge in [-0.2, -0.15) is 0 Å². The lowest BCUT2D eigenvalue weighted by molar-refractivity contribution is 0.0997. The van der Waals surface area contributed by atoms with E-state index in [1.165, 1.54) is 18.4 Å². The van der Waals surface area contributed by atoms with Crippen LogP contribution in [0.15, 0.2) is 54.2 Å². The fourth-order valence-electron chi connectivity index (χ4n) is 2.92. The minimum absolute atomic E-state index is 0.210. The Morgan fingerprint density at radius 3 is 2.59 bits per heavy atom. The number of halogens is 1. The van der Waals surface area contributed by atoms with Crippen molar-refractivity contribution in [3.05, 3.63) is 64.8 Å². The van der Waals surface area contributed by atoms with Gasteiger partial charge in [-0.3, -0.25) is 15.1 Å². The average molecular weight is 470 g/mol. The normalized spacial score (nSPS) is 10.6. The summed E-state index contributed by atoms with van der Waals surface area (Å²) in [5, 5.41) is 8.33.